The molecule has 1 spiro atoms. The number of carbonyl (C=O) groups is 1. The van der Waals surface area contributed by atoms with Gasteiger partial charge in [0, 0.05) is 0 Å². The Morgan fingerprint density at radius 1 is 1.32 bits per heavy atom. The van der Waals surface area contributed by atoms with Crippen LogP contribution >= 0.6 is 0 Å². The van der Waals surface area contributed by atoms with Crippen LogP contribution < -0.4 is 0 Å². The molecule has 3 aliphatic heterocycles. The number of epoxide rings is 2. The highest BCUT2D eigenvalue weighted by molar-refractivity contribution is 5.82. The molecule has 3 saturated heterocycles. The number of hydrogen-bond donors (Lipinski definition) is 3. The highest BCUT2D eigenvalue weighted by atomic mass is 16.7. The Hall–Kier alpha value is -0.990. The third-order valence-electron chi connectivity index (χ3n) is 6.91. The summed E-state index contributed by atoms with van der Waals surface area (Å²) < 4.78 is 16.4. The van der Waals surface area contributed by atoms with Crippen LogP contribution in [0.25, 0.3) is 0 Å². The molecule has 120 valence electrons. The van der Waals surface area contributed by atoms with E-state index in [0.29, 0.717) is 6.61 Å². The van der Waals surface area contributed by atoms with Gasteiger partial charge in [-0.05, 0) is 12.5 Å². The molecule has 0 aromatic rings. The summed E-state index contributed by atoms with van der Waals surface area (Å²) in [6.07, 6.45) is -3.46. The van der Waals surface area contributed by atoms with Gasteiger partial charge < -0.3 is 29.5 Å². The molecular weight excluding hydrogens is 292 g/mol. The van der Waals surface area contributed by atoms with E-state index in [1.165, 1.54) is 0 Å². The maximum absolute atomic E-state index is 12.4. The number of aliphatic hydroxyl groups is 3. The lowest BCUT2D eigenvalue weighted by molar-refractivity contribution is -0.267. The van der Waals surface area contributed by atoms with Gasteiger partial charge in [-0.25, -0.2) is 0 Å². The number of aliphatic hydroxyl groups excluding tert-OH is 1. The van der Waals surface area contributed by atoms with E-state index in [1.54, 1.807) is 13.8 Å². The zero-order chi connectivity index (χ0) is 15.9. The standard InChI is InChI=1S/C15H18O7/c1-5(2)14(18)6-11(17)22-8(14)7(16)12(3)13(4-20-13)9-10(21-9)15(6,12)19/h6-10,16,18-19H,1,4H2,2-3H3/t6-,7-,8-,9-,10+,12+,13-,14-,15+/m1/s1. The van der Waals surface area contributed by atoms with E-state index in [0.717, 1.165) is 0 Å². The van der Waals surface area contributed by atoms with Gasteiger partial charge in [-0.2, -0.15) is 0 Å². The summed E-state index contributed by atoms with van der Waals surface area (Å²) in [4.78, 5) is 12.4. The molecule has 7 nitrogen and oxygen atoms in total. The lowest BCUT2D eigenvalue weighted by Crippen LogP contribution is -2.76. The number of hydrogen-bond acceptors (Lipinski definition) is 7. The van der Waals surface area contributed by atoms with Crippen molar-refractivity contribution in [2.45, 2.75) is 55.1 Å². The van der Waals surface area contributed by atoms with Crippen molar-refractivity contribution in [3.63, 3.8) is 0 Å². The minimum atomic E-state index is -1.82. The van der Waals surface area contributed by atoms with Crippen LogP contribution in [0.15, 0.2) is 12.2 Å². The van der Waals surface area contributed by atoms with Crippen molar-refractivity contribution in [3.8, 4) is 0 Å². The first kappa shape index (κ1) is 13.4. The molecule has 2 aliphatic carbocycles. The summed E-state index contributed by atoms with van der Waals surface area (Å²) in [6, 6.07) is 0. The second kappa shape index (κ2) is 3.14. The SMILES string of the molecule is C=C(C)[C@]1(O)[C@@H]2OC(=O)[C@H]1[C@]1(O)[C@H]3O[C@H]3[C@]3(CO3)[C@]1(C)[C@@H]2O. The van der Waals surface area contributed by atoms with Crippen LogP contribution in [0, 0.1) is 11.3 Å². The zero-order valence-electron chi connectivity index (χ0n) is 12.3. The molecule has 0 radical (unpaired) electrons. The smallest absolute Gasteiger partial charge is 0.315 e. The van der Waals surface area contributed by atoms with Crippen molar-refractivity contribution < 1.29 is 34.3 Å². The van der Waals surface area contributed by atoms with Crippen LogP contribution in [0.2, 0.25) is 0 Å². The quantitative estimate of drug-likeness (QED) is 0.307. The van der Waals surface area contributed by atoms with E-state index >= 15 is 0 Å². The lowest BCUT2D eigenvalue weighted by atomic mass is 9.50. The van der Waals surface area contributed by atoms with Crippen LogP contribution in [0.1, 0.15) is 13.8 Å². The molecule has 2 bridgehead atoms. The maximum Gasteiger partial charge on any atom is 0.315 e. The molecule has 5 rings (SSSR count). The van der Waals surface area contributed by atoms with Crippen LogP contribution in [0.5, 0.6) is 0 Å². The van der Waals surface area contributed by atoms with Crippen LogP contribution in [0.3, 0.4) is 0 Å². The van der Waals surface area contributed by atoms with Crippen molar-refractivity contribution in [1.29, 1.82) is 0 Å². The minimum absolute atomic E-state index is 0.276. The van der Waals surface area contributed by atoms with Gasteiger partial charge in [-0.15, -0.1) is 0 Å². The third kappa shape index (κ3) is 0.917. The highest BCUT2D eigenvalue weighted by Crippen LogP contribution is 2.76. The van der Waals surface area contributed by atoms with Crippen LogP contribution in [0.4, 0.5) is 0 Å². The summed E-state index contributed by atoms with van der Waals surface area (Å²) >= 11 is 0. The Bertz CT molecular complexity index is 642. The second-order valence-electron chi connectivity index (χ2n) is 7.52. The van der Waals surface area contributed by atoms with Gasteiger partial charge in [0.25, 0.3) is 0 Å². The molecule has 5 fully saturated rings. The van der Waals surface area contributed by atoms with Gasteiger partial charge in [-0.3, -0.25) is 4.79 Å². The molecule has 7 heteroatoms. The zero-order valence-corrected chi connectivity index (χ0v) is 12.3. The van der Waals surface area contributed by atoms with E-state index in [1.807, 2.05) is 0 Å². The van der Waals surface area contributed by atoms with E-state index < -0.39 is 52.4 Å². The predicted octanol–water partition coefficient (Wildman–Crippen LogP) is -1.50. The second-order valence-corrected chi connectivity index (χ2v) is 7.52. The van der Waals surface area contributed by atoms with Gasteiger partial charge in [0.2, 0.25) is 0 Å². The maximum atomic E-state index is 12.4. The lowest BCUT2D eigenvalue weighted by Gasteiger charge is -2.56. The Kier molecular flexibility index (Phi) is 1.92. The minimum Gasteiger partial charge on any atom is -0.456 e. The predicted molar refractivity (Wildman–Crippen MR) is 69.5 cm³/mol. The molecule has 0 aromatic heterocycles. The van der Waals surface area contributed by atoms with Gasteiger partial charge in [0.15, 0.2) is 6.10 Å². The topological polar surface area (TPSA) is 112 Å². The largest absolute Gasteiger partial charge is 0.456 e. The summed E-state index contributed by atoms with van der Waals surface area (Å²) in [5.41, 5.74) is -5.26. The molecule has 2 saturated carbocycles. The molecule has 3 heterocycles. The summed E-state index contributed by atoms with van der Waals surface area (Å²) in [7, 11) is 0. The Labute approximate surface area is 126 Å². The van der Waals surface area contributed by atoms with Crippen molar-refractivity contribution in [3.05, 3.63) is 12.2 Å². The molecule has 0 unspecified atom stereocenters. The molecule has 22 heavy (non-hydrogen) atoms. The molecule has 3 N–H and O–H groups in total. The fourth-order valence-corrected chi connectivity index (χ4v) is 5.46. The first-order valence-corrected chi connectivity index (χ1v) is 7.46. The summed E-state index contributed by atoms with van der Waals surface area (Å²) in [6.45, 7) is 7.35. The highest BCUT2D eigenvalue weighted by Gasteiger charge is 2.96. The number of rotatable bonds is 1. The summed E-state index contributed by atoms with van der Waals surface area (Å²) in [5, 5.41) is 33.5. The monoisotopic (exact) mass is 310 g/mol. The van der Waals surface area contributed by atoms with Gasteiger partial charge in [-0.1, -0.05) is 13.5 Å². The average Bonchev–Trinajstić information content (AvgIpc) is 3.30. The fourth-order valence-electron chi connectivity index (χ4n) is 5.46. The van der Waals surface area contributed by atoms with Crippen LogP contribution in [-0.2, 0) is 19.0 Å². The molecule has 0 amide bonds. The summed E-state index contributed by atoms with van der Waals surface area (Å²) in [5.74, 6) is -1.97. The number of ether oxygens (including phenoxy) is 3. The van der Waals surface area contributed by atoms with E-state index in [4.69, 9.17) is 14.2 Å². The van der Waals surface area contributed by atoms with Gasteiger partial charge >= 0.3 is 5.97 Å². The van der Waals surface area contributed by atoms with E-state index in [2.05, 4.69) is 6.58 Å². The number of fused-ring (bicyclic) bond motifs is 8. The van der Waals surface area contributed by atoms with Gasteiger partial charge in [0.05, 0.1) is 12.0 Å². The van der Waals surface area contributed by atoms with Crippen molar-refractivity contribution in [2.75, 3.05) is 6.61 Å². The van der Waals surface area contributed by atoms with Crippen LogP contribution in [-0.4, -0.2) is 69.1 Å². The fraction of sp³-hybridized carbons (Fsp3) is 0.800. The molecule has 0 aromatic carbocycles. The van der Waals surface area contributed by atoms with Crippen molar-refractivity contribution in [2.24, 2.45) is 11.3 Å². The van der Waals surface area contributed by atoms with Gasteiger partial charge in [0.1, 0.15) is 41.0 Å². The molecule has 5 aliphatic rings. The molecular formula is C15H18O7. The Morgan fingerprint density at radius 2 is 1.95 bits per heavy atom. The average molecular weight is 310 g/mol. The van der Waals surface area contributed by atoms with Crippen molar-refractivity contribution in [1.82, 2.24) is 0 Å². The number of carbonyl (C=O) groups excluding carboxylic acids is 1. The Morgan fingerprint density at radius 3 is 2.50 bits per heavy atom. The first-order chi connectivity index (χ1) is 10.2. The Balaban J connectivity index is 1.79. The number of esters is 1. The first-order valence-electron chi connectivity index (χ1n) is 7.46. The normalized spacial score (nSPS) is 66.8. The third-order valence-corrected chi connectivity index (χ3v) is 6.91. The van der Waals surface area contributed by atoms with E-state index in [-0.39, 0.29) is 11.7 Å². The van der Waals surface area contributed by atoms with Crippen molar-refractivity contribution >= 4 is 5.97 Å². The molecule has 9 atom stereocenters. The van der Waals surface area contributed by atoms with E-state index in [9.17, 15) is 20.1 Å².